The third kappa shape index (κ3) is 3.13. The molecule has 0 unspecified atom stereocenters. The highest BCUT2D eigenvalue weighted by atomic mass is 35.5. The maximum atomic E-state index is 6.64. The number of fused-ring (bicyclic) bond motifs is 4. The van der Waals surface area contributed by atoms with E-state index in [4.69, 9.17) is 11.6 Å². The molecule has 0 bridgehead atoms. The third-order valence-corrected chi connectivity index (χ3v) is 13.5. The maximum absolute atomic E-state index is 6.64. The Morgan fingerprint density at radius 2 is 1.11 bits per heavy atom. The molecule has 0 atom stereocenters. The van der Waals surface area contributed by atoms with Crippen LogP contribution in [0.5, 0.6) is 0 Å². The Kier molecular flexibility index (Phi) is 5.23. The molecule has 0 aromatic heterocycles. The molecule has 2 aliphatic rings. The number of hydrogen-bond acceptors (Lipinski definition) is 0. The normalized spacial score (nSPS) is 15.1. The van der Waals surface area contributed by atoms with Crippen LogP contribution in [0.15, 0.2) is 115 Å². The molecule has 0 fully saturated rings. The van der Waals surface area contributed by atoms with Crippen molar-refractivity contribution in [3.05, 3.63) is 131 Å². The molecule has 0 spiro atoms. The quantitative estimate of drug-likeness (QED) is 0.253. The molecular weight excluding hydrogens is 472 g/mol. The molecule has 174 valence electrons. The lowest BCUT2D eigenvalue weighted by Crippen LogP contribution is -2.72. The highest BCUT2D eigenvalue weighted by Gasteiger charge is 2.48. The van der Waals surface area contributed by atoms with Crippen molar-refractivity contribution >= 4 is 40.4 Å². The van der Waals surface area contributed by atoms with Crippen LogP contribution >= 0.6 is 11.6 Å². The van der Waals surface area contributed by atoms with Gasteiger partial charge in [-0.15, -0.1) is 0 Å². The first-order chi connectivity index (χ1) is 17.8. The number of halogens is 1. The molecule has 0 saturated carbocycles. The second-order valence-corrected chi connectivity index (χ2v) is 14.2. The summed E-state index contributed by atoms with van der Waals surface area (Å²) in [7, 11) is -2.41. The highest BCUT2D eigenvalue weighted by molar-refractivity contribution is 7.22. The molecule has 0 amide bonds. The molecule has 36 heavy (non-hydrogen) atoms. The van der Waals surface area contributed by atoms with Crippen molar-refractivity contribution in [2.45, 2.75) is 25.7 Å². The first kappa shape index (κ1) is 21.9. The Morgan fingerprint density at radius 3 is 1.83 bits per heavy atom. The Balaban J connectivity index is 1.52. The summed E-state index contributed by atoms with van der Waals surface area (Å²) in [5.74, 6) is 0. The maximum Gasteiger partial charge on any atom is 0.180 e. The van der Waals surface area contributed by atoms with E-state index in [1.807, 2.05) is 0 Å². The second-order valence-electron chi connectivity index (χ2n) is 10.0. The standard InChI is InChI=1S/C34H27ClSi/c35-32-21-20-27(28-15-7-8-16-29(28)32)24-19-22-34-31(23-24)30-17-9-10-18-33(30)36(34,25-11-3-1-4-12-25)26-13-5-2-6-14-26/h1-6,9-14,17-23H,7-8,15-16H2. The van der Waals surface area contributed by atoms with Crippen molar-refractivity contribution in [1.82, 2.24) is 0 Å². The Hall–Kier alpha value is -3.39. The van der Waals surface area contributed by atoms with E-state index >= 15 is 0 Å². The second kappa shape index (κ2) is 8.62. The Labute approximate surface area is 219 Å². The molecule has 1 aliphatic carbocycles. The van der Waals surface area contributed by atoms with Gasteiger partial charge < -0.3 is 0 Å². The van der Waals surface area contributed by atoms with Crippen LogP contribution in [0.25, 0.3) is 22.3 Å². The summed E-state index contributed by atoms with van der Waals surface area (Å²) in [5, 5.41) is 6.80. The van der Waals surface area contributed by atoms with E-state index < -0.39 is 8.07 Å². The zero-order chi connectivity index (χ0) is 24.1. The van der Waals surface area contributed by atoms with E-state index in [0.717, 1.165) is 17.9 Å². The van der Waals surface area contributed by atoms with E-state index in [1.54, 1.807) is 0 Å². The van der Waals surface area contributed by atoms with E-state index in [1.165, 1.54) is 67.0 Å². The largest absolute Gasteiger partial charge is 0.180 e. The summed E-state index contributed by atoms with van der Waals surface area (Å²) in [5.41, 5.74) is 8.25. The zero-order valence-corrected chi connectivity index (χ0v) is 21.9. The molecule has 0 nitrogen and oxygen atoms in total. The van der Waals surface area contributed by atoms with Gasteiger partial charge in [-0.25, -0.2) is 0 Å². The average Bonchev–Trinajstić information content (AvgIpc) is 3.25. The molecule has 1 heterocycles. The molecular formula is C34H27ClSi. The predicted molar refractivity (Wildman–Crippen MR) is 156 cm³/mol. The van der Waals surface area contributed by atoms with Crippen LogP contribution in [0, 0.1) is 0 Å². The van der Waals surface area contributed by atoms with Crippen molar-refractivity contribution in [3.63, 3.8) is 0 Å². The van der Waals surface area contributed by atoms with Gasteiger partial charge in [0.25, 0.3) is 0 Å². The van der Waals surface area contributed by atoms with Crippen LogP contribution in [0.1, 0.15) is 24.0 Å². The minimum Gasteiger partial charge on any atom is -0.0840 e. The summed E-state index contributed by atoms with van der Waals surface area (Å²) in [4.78, 5) is 0. The first-order valence-corrected chi connectivity index (χ1v) is 15.3. The van der Waals surface area contributed by atoms with Crippen molar-refractivity contribution in [1.29, 1.82) is 0 Å². The smallest absolute Gasteiger partial charge is 0.0840 e. The van der Waals surface area contributed by atoms with Gasteiger partial charge in [-0.2, -0.15) is 0 Å². The van der Waals surface area contributed by atoms with E-state index in [-0.39, 0.29) is 0 Å². The highest BCUT2D eigenvalue weighted by Crippen LogP contribution is 2.38. The Bertz CT molecular complexity index is 1550. The minimum absolute atomic E-state index is 0.930. The fourth-order valence-electron chi connectivity index (χ4n) is 6.71. The van der Waals surface area contributed by atoms with Gasteiger partial charge in [-0.05, 0) is 91.9 Å². The molecule has 5 aromatic carbocycles. The van der Waals surface area contributed by atoms with Gasteiger partial charge in [-0.1, -0.05) is 115 Å². The van der Waals surface area contributed by atoms with Crippen LogP contribution in [0.4, 0.5) is 0 Å². The van der Waals surface area contributed by atoms with Gasteiger partial charge in [0.05, 0.1) is 0 Å². The molecule has 2 heteroatoms. The van der Waals surface area contributed by atoms with Crippen molar-refractivity contribution in [2.75, 3.05) is 0 Å². The monoisotopic (exact) mass is 498 g/mol. The van der Waals surface area contributed by atoms with Crippen LogP contribution in [-0.2, 0) is 12.8 Å². The van der Waals surface area contributed by atoms with E-state index in [9.17, 15) is 0 Å². The first-order valence-electron chi connectivity index (χ1n) is 12.9. The molecule has 7 rings (SSSR count). The van der Waals surface area contributed by atoms with Crippen LogP contribution in [0.2, 0.25) is 5.02 Å². The Morgan fingerprint density at radius 1 is 0.500 bits per heavy atom. The van der Waals surface area contributed by atoms with Crippen LogP contribution in [0.3, 0.4) is 0 Å². The van der Waals surface area contributed by atoms with Gasteiger partial charge in [0.15, 0.2) is 8.07 Å². The SMILES string of the molecule is Clc1ccc(-c2ccc3c(c2)-c2ccccc2[Si]3(c2ccccc2)c2ccccc2)c2c1CCCC2. The zero-order valence-electron chi connectivity index (χ0n) is 20.2. The molecule has 1 aliphatic heterocycles. The van der Waals surface area contributed by atoms with E-state index in [2.05, 4.69) is 115 Å². The van der Waals surface area contributed by atoms with Crippen LogP contribution < -0.4 is 20.7 Å². The van der Waals surface area contributed by atoms with Gasteiger partial charge >= 0.3 is 0 Å². The summed E-state index contributed by atoms with van der Waals surface area (Å²) < 4.78 is 0. The fraction of sp³-hybridized carbons (Fsp3) is 0.118. The van der Waals surface area contributed by atoms with Gasteiger partial charge in [0.1, 0.15) is 0 Å². The minimum atomic E-state index is -2.41. The van der Waals surface area contributed by atoms with E-state index in [0.29, 0.717) is 0 Å². The van der Waals surface area contributed by atoms with Crippen molar-refractivity contribution in [2.24, 2.45) is 0 Å². The van der Waals surface area contributed by atoms with Gasteiger partial charge in [-0.3, -0.25) is 0 Å². The number of benzene rings is 5. The molecule has 0 saturated heterocycles. The number of hydrogen-bond donors (Lipinski definition) is 0. The lowest BCUT2D eigenvalue weighted by atomic mass is 9.85. The lowest BCUT2D eigenvalue weighted by molar-refractivity contribution is 0.687. The lowest BCUT2D eigenvalue weighted by Gasteiger charge is -2.31. The van der Waals surface area contributed by atoms with Gasteiger partial charge in [0.2, 0.25) is 0 Å². The number of rotatable bonds is 3. The van der Waals surface area contributed by atoms with Crippen molar-refractivity contribution in [3.8, 4) is 22.3 Å². The summed E-state index contributed by atoms with van der Waals surface area (Å²) >= 11 is 6.64. The summed E-state index contributed by atoms with van der Waals surface area (Å²) in [6.45, 7) is 0. The summed E-state index contributed by atoms with van der Waals surface area (Å²) in [6.07, 6.45) is 4.68. The molecule has 0 radical (unpaired) electrons. The molecule has 5 aromatic rings. The third-order valence-electron chi connectivity index (χ3n) is 8.25. The topological polar surface area (TPSA) is 0 Å². The van der Waals surface area contributed by atoms with Crippen LogP contribution in [-0.4, -0.2) is 8.07 Å². The van der Waals surface area contributed by atoms with Gasteiger partial charge in [0, 0.05) is 5.02 Å². The predicted octanol–water partition coefficient (Wildman–Crippen LogP) is 6.24. The molecule has 0 N–H and O–H groups in total. The average molecular weight is 499 g/mol. The van der Waals surface area contributed by atoms with Crippen molar-refractivity contribution < 1.29 is 0 Å². The summed E-state index contributed by atoms with van der Waals surface area (Å²) in [6, 6.07) is 43.2. The fourth-order valence-corrected chi connectivity index (χ4v) is 12.1.